The fourth-order valence-electron chi connectivity index (χ4n) is 1.07. The second-order valence-corrected chi connectivity index (χ2v) is 2.61. The van der Waals surface area contributed by atoms with Crippen LogP contribution in [0.15, 0.2) is 18.2 Å². The molecule has 0 aromatic heterocycles. The van der Waals surface area contributed by atoms with Gasteiger partial charge in [0.2, 0.25) is 0 Å². The van der Waals surface area contributed by atoms with Crippen LogP contribution in [0.25, 0.3) is 0 Å². The molecule has 0 radical (unpaired) electrons. The predicted octanol–water partition coefficient (Wildman–Crippen LogP) is 1.93. The molecule has 0 amide bonds. The summed E-state index contributed by atoms with van der Waals surface area (Å²) in [6, 6.07) is 4.59. The maximum Gasteiger partial charge on any atom is 0.317 e. The highest BCUT2D eigenvalue weighted by molar-refractivity contribution is 5.42. The van der Waals surface area contributed by atoms with Crippen LogP contribution in [0.3, 0.4) is 0 Å². The Balaban J connectivity index is 3.06. The van der Waals surface area contributed by atoms with Crippen molar-refractivity contribution in [2.24, 2.45) is 0 Å². The van der Waals surface area contributed by atoms with Gasteiger partial charge in [0.25, 0.3) is 4.92 Å². The van der Waals surface area contributed by atoms with Gasteiger partial charge in [-0.25, -0.2) is 4.84 Å². The molecular weight excluding hydrogens is 170 g/mol. The van der Waals surface area contributed by atoms with Gasteiger partial charge in [-0.15, -0.1) is 0 Å². The quantitative estimate of drug-likeness (QED) is 0.726. The summed E-state index contributed by atoms with van der Waals surface area (Å²) in [4.78, 5) is 15.9. The normalized spacial score (nSPS) is 9.69. The summed E-state index contributed by atoms with van der Waals surface area (Å²) in [5.74, 6) is 0.204. The number of nitrogens with zero attached hydrogens (tertiary/aromatic N) is 1. The Morgan fingerprint density at radius 3 is 2.77 bits per heavy atom. The van der Waals surface area contributed by atoms with E-state index in [0.29, 0.717) is 17.0 Å². The Hall–Kier alpha value is -1.58. The largest absolute Gasteiger partial charge is 0.508 e. The van der Waals surface area contributed by atoms with E-state index < -0.39 is 0 Å². The van der Waals surface area contributed by atoms with Crippen LogP contribution in [-0.4, -0.2) is 17.1 Å². The molecule has 0 atom stereocenters. The number of hydrogen-bond donors (Lipinski definition) is 1. The highest BCUT2D eigenvalue weighted by atomic mass is 16.8. The third-order valence-electron chi connectivity index (χ3n) is 1.82. The minimum Gasteiger partial charge on any atom is -0.508 e. The molecule has 4 nitrogen and oxygen atoms in total. The third kappa shape index (κ3) is 1.96. The third-order valence-corrected chi connectivity index (χ3v) is 1.82. The van der Waals surface area contributed by atoms with Gasteiger partial charge in [0.15, 0.2) is 7.11 Å². The summed E-state index contributed by atoms with van der Waals surface area (Å²) < 4.78 is 0. The van der Waals surface area contributed by atoms with Crippen molar-refractivity contribution < 1.29 is 14.9 Å². The number of hydrogen-bond acceptors (Lipinski definition) is 3. The van der Waals surface area contributed by atoms with Crippen molar-refractivity contribution in [1.29, 1.82) is 0 Å². The van der Waals surface area contributed by atoms with Crippen molar-refractivity contribution in [1.82, 2.24) is 0 Å². The molecule has 0 saturated carbocycles. The van der Waals surface area contributed by atoms with Crippen LogP contribution >= 0.6 is 0 Å². The van der Waals surface area contributed by atoms with Gasteiger partial charge in [-0.05, 0) is 12.5 Å². The van der Waals surface area contributed by atoms with E-state index in [1.54, 1.807) is 6.07 Å². The molecule has 1 aromatic carbocycles. The zero-order chi connectivity index (χ0) is 9.84. The number of aryl methyl sites for hydroxylation is 1. The van der Waals surface area contributed by atoms with Crippen molar-refractivity contribution in [3.05, 3.63) is 28.7 Å². The van der Waals surface area contributed by atoms with Crippen LogP contribution in [0.4, 0.5) is 5.69 Å². The van der Waals surface area contributed by atoms with Gasteiger partial charge in [0, 0.05) is 17.7 Å². The Kier molecular flexibility index (Phi) is 2.84. The molecule has 0 unspecified atom stereocenters. The fraction of sp³-hybridized carbons (Fsp3) is 0.333. The second kappa shape index (κ2) is 3.89. The minimum absolute atomic E-state index is 0.204. The zero-order valence-electron chi connectivity index (χ0n) is 7.65. The molecule has 1 aromatic rings. The summed E-state index contributed by atoms with van der Waals surface area (Å²) >= 11 is 0. The molecule has 0 aliphatic rings. The lowest BCUT2D eigenvalue weighted by Crippen LogP contribution is -1.98. The van der Waals surface area contributed by atoms with Crippen molar-refractivity contribution in [2.45, 2.75) is 13.3 Å². The van der Waals surface area contributed by atoms with Crippen molar-refractivity contribution >= 4 is 5.69 Å². The first-order valence-corrected chi connectivity index (χ1v) is 4.02. The van der Waals surface area contributed by atoms with Gasteiger partial charge in [0.1, 0.15) is 5.75 Å². The molecule has 1 rings (SSSR count). The predicted molar refractivity (Wildman–Crippen MR) is 47.8 cm³/mol. The number of rotatable bonds is 3. The number of aromatic hydroxyl groups is 1. The van der Waals surface area contributed by atoms with E-state index in [-0.39, 0.29) is 5.75 Å². The standard InChI is InChI=1S/C9H11NO3/c1-3-7-6-8(10(12)13-2)4-5-9(7)11/h4-6H,3H2,1-2H3/p+1. The van der Waals surface area contributed by atoms with Gasteiger partial charge >= 0.3 is 5.69 Å². The number of benzene rings is 1. The summed E-state index contributed by atoms with van der Waals surface area (Å²) in [6.07, 6.45) is 0.678. The molecule has 0 heterocycles. The monoisotopic (exact) mass is 182 g/mol. The molecule has 1 N–H and O–H groups in total. The smallest absolute Gasteiger partial charge is 0.317 e. The van der Waals surface area contributed by atoms with E-state index in [0.717, 1.165) is 5.56 Å². The van der Waals surface area contributed by atoms with Crippen molar-refractivity contribution in [3.63, 3.8) is 0 Å². The molecule has 0 bridgehead atoms. The summed E-state index contributed by atoms with van der Waals surface area (Å²) in [6.45, 7) is 1.90. The van der Waals surface area contributed by atoms with Gasteiger partial charge in [0.05, 0.1) is 4.91 Å². The van der Waals surface area contributed by atoms with E-state index in [1.165, 1.54) is 19.2 Å². The van der Waals surface area contributed by atoms with Crippen LogP contribution in [0.2, 0.25) is 0 Å². The van der Waals surface area contributed by atoms with Gasteiger partial charge in [-0.2, -0.15) is 0 Å². The van der Waals surface area contributed by atoms with E-state index in [4.69, 9.17) is 0 Å². The molecule has 0 spiro atoms. The minimum atomic E-state index is 0.204. The lowest BCUT2D eigenvalue weighted by Gasteiger charge is -1.98. The first kappa shape index (κ1) is 9.51. The number of phenols is 1. The summed E-state index contributed by atoms with van der Waals surface area (Å²) in [5, 5.41) is 9.33. The van der Waals surface area contributed by atoms with Crippen LogP contribution in [0, 0.1) is 4.91 Å². The van der Waals surface area contributed by atoms with Crippen LogP contribution in [0.1, 0.15) is 12.5 Å². The van der Waals surface area contributed by atoms with E-state index >= 15 is 0 Å². The van der Waals surface area contributed by atoms with Crippen LogP contribution in [0.5, 0.6) is 5.75 Å². The highest BCUT2D eigenvalue weighted by Crippen LogP contribution is 2.23. The summed E-state index contributed by atoms with van der Waals surface area (Å²) in [7, 11) is 1.30. The van der Waals surface area contributed by atoms with E-state index in [1.807, 2.05) is 6.92 Å². The van der Waals surface area contributed by atoms with Crippen LogP contribution in [-0.2, 0) is 11.3 Å². The molecule has 0 aliphatic carbocycles. The Morgan fingerprint density at radius 2 is 2.23 bits per heavy atom. The lowest BCUT2D eigenvalue weighted by molar-refractivity contribution is -0.736. The van der Waals surface area contributed by atoms with Gasteiger partial charge in [-0.3, -0.25) is 0 Å². The SMILES string of the molecule is CCc1cc([N+](=O)OC)ccc1O. The first-order valence-electron chi connectivity index (χ1n) is 4.02. The van der Waals surface area contributed by atoms with Gasteiger partial charge in [-0.1, -0.05) is 6.92 Å². The highest BCUT2D eigenvalue weighted by Gasteiger charge is 2.15. The first-order chi connectivity index (χ1) is 6.19. The number of phenolic OH excluding ortho intramolecular Hbond substituents is 1. The molecule has 0 saturated heterocycles. The molecule has 70 valence electrons. The molecule has 0 aliphatic heterocycles. The zero-order valence-corrected chi connectivity index (χ0v) is 7.65. The molecule has 4 heteroatoms. The maximum absolute atomic E-state index is 11.0. The average Bonchev–Trinajstić information content (AvgIpc) is 2.17. The average molecular weight is 182 g/mol. The maximum atomic E-state index is 11.0. The Morgan fingerprint density at radius 1 is 1.54 bits per heavy atom. The molecule has 13 heavy (non-hydrogen) atoms. The van der Waals surface area contributed by atoms with E-state index in [9.17, 15) is 10.0 Å². The molecule has 0 fully saturated rings. The lowest BCUT2D eigenvalue weighted by atomic mass is 10.1. The second-order valence-electron chi connectivity index (χ2n) is 2.61. The Bertz CT molecular complexity index is 323. The van der Waals surface area contributed by atoms with Crippen LogP contribution < -0.4 is 0 Å². The van der Waals surface area contributed by atoms with E-state index in [2.05, 4.69) is 4.84 Å². The molecular formula is C9H12NO3+. The van der Waals surface area contributed by atoms with Gasteiger partial charge < -0.3 is 5.11 Å². The fourth-order valence-corrected chi connectivity index (χ4v) is 1.07. The van der Waals surface area contributed by atoms with Crippen molar-refractivity contribution in [2.75, 3.05) is 7.11 Å². The Labute approximate surface area is 76.3 Å². The van der Waals surface area contributed by atoms with Crippen molar-refractivity contribution in [3.8, 4) is 5.75 Å². The topological polar surface area (TPSA) is 49.5 Å². The summed E-state index contributed by atoms with van der Waals surface area (Å²) in [5.41, 5.74) is 1.12.